The highest BCUT2D eigenvalue weighted by atomic mass is 79.9. The molecule has 0 aromatic heterocycles. The maximum Gasteiger partial charge on any atom is 0.142 e. The highest BCUT2D eigenvalue weighted by Crippen LogP contribution is 2.42. The van der Waals surface area contributed by atoms with Crippen LogP contribution in [-0.4, -0.2) is 19.8 Å². The van der Waals surface area contributed by atoms with Crippen LogP contribution < -0.4 is 5.32 Å². The molecule has 19 heavy (non-hydrogen) atoms. The van der Waals surface area contributed by atoms with Crippen molar-refractivity contribution in [2.75, 3.05) is 14.2 Å². The normalized spacial score (nSPS) is 20.2. The average molecular weight is 330 g/mol. The summed E-state index contributed by atoms with van der Waals surface area (Å²) in [5.41, 5.74) is 0.384. The van der Waals surface area contributed by atoms with Gasteiger partial charge in [0, 0.05) is 12.7 Å². The van der Waals surface area contributed by atoms with Crippen LogP contribution in [0, 0.1) is 5.82 Å². The second-order valence-electron chi connectivity index (χ2n) is 5.19. The molecule has 1 unspecified atom stereocenters. The molecular formula is C15H21BrFNO. The molecule has 1 aliphatic carbocycles. The SMILES string of the molecule is CNC(c1cccc(Br)c1F)C1(OC)CCCCC1. The molecule has 1 aromatic rings. The van der Waals surface area contributed by atoms with Crippen molar-refractivity contribution in [3.8, 4) is 0 Å². The van der Waals surface area contributed by atoms with E-state index < -0.39 is 0 Å². The van der Waals surface area contributed by atoms with E-state index >= 15 is 0 Å². The molecule has 0 heterocycles. The molecule has 0 bridgehead atoms. The van der Waals surface area contributed by atoms with Crippen LogP contribution in [0.4, 0.5) is 4.39 Å². The zero-order valence-corrected chi connectivity index (χ0v) is 13.1. The van der Waals surface area contributed by atoms with Crippen molar-refractivity contribution >= 4 is 15.9 Å². The molecule has 1 fully saturated rings. The zero-order valence-electron chi connectivity index (χ0n) is 11.5. The lowest BCUT2D eigenvalue weighted by molar-refractivity contribution is -0.0678. The van der Waals surface area contributed by atoms with E-state index in [9.17, 15) is 4.39 Å². The van der Waals surface area contributed by atoms with Crippen LogP contribution in [0.2, 0.25) is 0 Å². The van der Waals surface area contributed by atoms with Crippen molar-refractivity contribution in [3.63, 3.8) is 0 Å². The number of methoxy groups -OCH3 is 1. The maximum absolute atomic E-state index is 14.4. The van der Waals surface area contributed by atoms with Crippen LogP contribution in [-0.2, 0) is 4.74 Å². The Morgan fingerprint density at radius 1 is 1.32 bits per heavy atom. The first-order valence-corrected chi connectivity index (χ1v) is 7.60. The molecule has 1 saturated carbocycles. The molecule has 1 N–H and O–H groups in total. The topological polar surface area (TPSA) is 21.3 Å². The Labute approximate surface area is 122 Å². The van der Waals surface area contributed by atoms with E-state index in [4.69, 9.17) is 4.74 Å². The van der Waals surface area contributed by atoms with Crippen LogP contribution in [0.25, 0.3) is 0 Å². The average Bonchev–Trinajstić information content (AvgIpc) is 2.45. The minimum Gasteiger partial charge on any atom is -0.376 e. The Kier molecular flexibility index (Phi) is 4.98. The van der Waals surface area contributed by atoms with Gasteiger partial charge >= 0.3 is 0 Å². The van der Waals surface area contributed by atoms with Crippen molar-refractivity contribution < 1.29 is 9.13 Å². The van der Waals surface area contributed by atoms with Gasteiger partial charge in [0.25, 0.3) is 0 Å². The van der Waals surface area contributed by atoms with E-state index in [1.807, 2.05) is 19.2 Å². The summed E-state index contributed by atoms with van der Waals surface area (Å²) in [6, 6.07) is 5.33. The summed E-state index contributed by atoms with van der Waals surface area (Å²) in [7, 11) is 3.62. The fourth-order valence-corrected chi connectivity index (χ4v) is 3.59. The number of benzene rings is 1. The quantitative estimate of drug-likeness (QED) is 0.893. The molecule has 0 aliphatic heterocycles. The van der Waals surface area contributed by atoms with Crippen molar-refractivity contribution in [2.24, 2.45) is 0 Å². The molecule has 106 valence electrons. The molecule has 1 aromatic carbocycles. The molecule has 0 amide bonds. The number of ether oxygens (including phenoxy) is 1. The third-order valence-electron chi connectivity index (χ3n) is 4.21. The standard InChI is InChI=1S/C15H21BrFNO/c1-18-14(11-7-6-8-12(16)13(11)17)15(19-2)9-4-3-5-10-15/h6-8,14,18H,3-5,9-10H2,1-2H3. The van der Waals surface area contributed by atoms with Gasteiger partial charge in [0.2, 0.25) is 0 Å². The lowest BCUT2D eigenvalue weighted by atomic mass is 9.76. The molecule has 0 radical (unpaired) electrons. The summed E-state index contributed by atoms with van der Waals surface area (Å²) >= 11 is 3.26. The molecule has 4 heteroatoms. The summed E-state index contributed by atoms with van der Waals surface area (Å²) in [6.07, 6.45) is 5.47. The van der Waals surface area contributed by atoms with E-state index in [2.05, 4.69) is 21.2 Å². The molecular weight excluding hydrogens is 309 g/mol. The van der Waals surface area contributed by atoms with Gasteiger partial charge in [-0.1, -0.05) is 31.4 Å². The van der Waals surface area contributed by atoms with E-state index in [0.717, 1.165) is 25.7 Å². The van der Waals surface area contributed by atoms with Crippen LogP contribution in [0.3, 0.4) is 0 Å². The molecule has 0 spiro atoms. The first-order valence-electron chi connectivity index (χ1n) is 6.81. The van der Waals surface area contributed by atoms with Gasteiger partial charge in [-0.05, 0) is 41.9 Å². The second kappa shape index (κ2) is 6.33. The minimum atomic E-state index is -0.297. The number of hydrogen-bond acceptors (Lipinski definition) is 2. The molecule has 2 rings (SSSR count). The largest absolute Gasteiger partial charge is 0.376 e. The van der Waals surface area contributed by atoms with E-state index in [-0.39, 0.29) is 17.5 Å². The fourth-order valence-electron chi connectivity index (χ4n) is 3.21. The minimum absolute atomic E-state index is 0.115. The van der Waals surface area contributed by atoms with Crippen LogP contribution in [0.15, 0.2) is 22.7 Å². The third kappa shape index (κ3) is 2.86. The lowest BCUT2D eigenvalue weighted by Gasteiger charge is -2.42. The Hall–Kier alpha value is -0.450. The number of halogens is 2. The van der Waals surface area contributed by atoms with Gasteiger partial charge in [0.05, 0.1) is 16.1 Å². The molecule has 1 atom stereocenters. The molecule has 0 saturated heterocycles. The first kappa shape index (κ1) is 14.9. The Morgan fingerprint density at radius 3 is 2.58 bits per heavy atom. The van der Waals surface area contributed by atoms with Crippen LogP contribution in [0.1, 0.15) is 43.7 Å². The van der Waals surface area contributed by atoms with Gasteiger partial charge in [-0.15, -0.1) is 0 Å². The van der Waals surface area contributed by atoms with Gasteiger partial charge < -0.3 is 10.1 Å². The van der Waals surface area contributed by atoms with Crippen molar-refractivity contribution in [1.82, 2.24) is 5.32 Å². The Morgan fingerprint density at radius 2 is 2.00 bits per heavy atom. The highest BCUT2D eigenvalue weighted by Gasteiger charge is 2.41. The number of rotatable bonds is 4. The van der Waals surface area contributed by atoms with Gasteiger partial charge in [0.15, 0.2) is 0 Å². The zero-order chi connectivity index (χ0) is 13.9. The first-order chi connectivity index (χ1) is 9.14. The third-order valence-corrected chi connectivity index (χ3v) is 4.83. The van der Waals surface area contributed by atoms with Crippen LogP contribution in [0.5, 0.6) is 0 Å². The van der Waals surface area contributed by atoms with Crippen molar-refractivity contribution in [3.05, 3.63) is 34.1 Å². The summed E-state index contributed by atoms with van der Waals surface area (Å²) in [4.78, 5) is 0. The predicted molar refractivity (Wildman–Crippen MR) is 78.7 cm³/mol. The highest BCUT2D eigenvalue weighted by molar-refractivity contribution is 9.10. The van der Waals surface area contributed by atoms with Gasteiger partial charge in [0.1, 0.15) is 5.82 Å². The Bertz CT molecular complexity index is 432. The van der Waals surface area contributed by atoms with Gasteiger partial charge in [-0.2, -0.15) is 0 Å². The molecule has 2 nitrogen and oxygen atoms in total. The maximum atomic E-state index is 14.4. The smallest absolute Gasteiger partial charge is 0.142 e. The lowest BCUT2D eigenvalue weighted by Crippen LogP contribution is -2.46. The van der Waals surface area contributed by atoms with E-state index in [0.29, 0.717) is 10.0 Å². The fraction of sp³-hybridized carbons (Fsp3) is 0.600. The predicted octanol–water partition coefficient (Wildman–Crippen LogP) is 4.20. The molecule has 1 aliphatic rings. The van der Waals surface area contributed by atoms with Gasteiger partial charge in [-0.25, -0.2) is 4.39 Å². The van der Waals surface area contributed by atoms with Crippen LogP contribution >= 0.6 is 15.9 Å². The summed E-state index contributed by atoms with van der Waals surface area (Å²) < 4.78 is 20.7. The van der Waals surface area contributed by atoms with Gasteiger partial charge in [-0.3, -0.25) is 0 Å². The monoisotopic (exact) mass is 329 g/mol. The van der Waals surface area contributed by atoms with E-state index in [1.165, 1.54) is 6.42 Å². The summed E-state index contributed by atoms with van der Waals surface area (Å²) in [6.45, 7) is 0. The van der Waals surface area contributed by atoms with E-state index in [1.54, 1.807) is 13.2 Å². The number of hydrogen-bond donors (Lipinski definition) is 1. The second-order valence-corrected chi connectivity index (χ2v) is 6.05. The Balaban J connectivity index is 2.40. The van der Waals surface area contributed by atoms with Crippen molar-refractivity contribution in [2.45, 2.75) is 43.7 Å². The summed E-state index contributed by atoms with van der Waals surface area (Å²) in [5, 5.41) is 3.26. The number of nitrogens with one attached hydrogen (secondary N) is 1. The van der Waals surface area contributed by atoms with Crippen molar-refractivity contribution in [1.29, 1.82) is 0 Å². The summed E-state index contributed by atoms with van der Waals surface area (Å²) in [5.74, 6) is -0.191. The number of likely N-dealkylation sites (N-methyl/N-ethyl adjacent to an activating group) is 1.